The second-order valence-electron chi connectivity index (χ2n) is 7.10. The summed E-state index contributed by atoms with van der Waals surface area (Å²) in [6.07, 6.45) is 1.50. The van der Waals surface area contributed by atoms with E-state index < -0.39 is 5.97 Å². The number of carbonyl (C=O) groups excluding carboxylic acids is 1. The van der Waals surface area contributed by atoms with Gasteiger partial charge in [-0.1, -0.05) is 18.2 Å². The van der Waals surface area contributed by atoms with Crippen LogP contribution in [0, 0.1) is 6.92 Å². The molecule has 0 saturated carbocycles. The third kappa shape index (κ3) is 6.10. The van der Waals surface area contributed by atoms with Crippen molar-refractivity contribution in [2.75, 3.05) is 14.2 Å². The number of carbonyl (C=O) groups is 2. The summed E-state index contributed by atoms with van der Waals surface area (Å²) < 4.78 is 16.5. The third-order valence-electron chi connectivity index (χ3n) is 4.76. The lowest BCUT2D eigenvalue weighted by atomic mass is 10.1. The van der Waals surface area contributed by atoms with Gasteiger partial charge < -0.3 is 19.3 Å². The first-order valence-corrected chi connectivity index (χ1v) is 10.0. The second kappa shape index (κ2) is 10.8. The minimum Gasteiger partial charge on any atom is -0.496 e. The van der Waals surface area contributed by atoms with Gasteiger partial charge in [0.05, 0.1) is 31.6 Å². The molecule has 0 radical (unpaired) electrons. The second-order valence-corrected chi connectivity index (χ2v) is 7.10. The van der Waals surface area contributed by atoms with E-state index in [0.29, 0.717) is 28.4 Å². The fourth-order valence-corrected chi connectivity index (χ4v) is 3.00. The topological polar surface area (TPSA) is 106 Å². The van der Waals surface area contributed by atoms with Crippen molar-refractivity contribution in [1.82, 2.24) is 5.43 Å². The summed E-state index contributed by atoms with van der Waals surface area (Å²) in [6, 6.07) is 17.0. The van der Waals surface area contributed by atoms with E-state index in [-0.39, 0.29) is 18.1 Å². The highest BCUT2D eigenvalue weighted by Gasteiger charge is 2.11. The number of aromatic carboxylic acids is 1. The first kappa shape index (κ1) is 23.3. The number of methoxy groups -OCH3 is 2. The van der Waals surface area contributed by atoms with E-state index in [1.165, 1.54) is 32.6 Å². The maximum absolute atomic E-state index is 12.4. The predicted molar refractivity (Wildman–Crippen MR) is 124 cm³/mol. The molecule has 0 saturated heterocycles. The summed E-state index contributed by atoms with van der Waals surface area (Å²) in [6.45, 7) is 2.16. The molecule has 0 heterocycles. The Kier molecular flexibility index (Phi) is 7.64. The van der Waals surface area contributed by atoms with Crippen LogP contribution in [0.5, 0.6) is 17.2 Å². The summed E-state index contributed by atoms with van der Waals surface area (Å²) in [5.41, 5.74) is 5.59. The lowest BCUT2D eigenvalue weighted by molar-refractivity contribution is 0.0696. The Morgan fingerprint density at radius 3 is 2.33 bits per heavy atom. The van der Waals surface area contributed by atoms with Gasteiger partial charge >= 0.3 is 5.97 Å². The molecule has 0 spiro atoms. The zero-order chi connectivity index (χ0) is 23.8. The number of nitrogens with zero attached hydrogens (tertiary/aromatic N) is 1. The molecule has 3 rings (SSSR count). The molecular formula is C25H24N2O6. The highest BCUT2D eigenvalue weighted by Crippen LogP contribution is 2.28. The van der Waals surface area contributed by atoms with Crippen molar-refractivity contribution in [3.8, 4) is 17.2 Å². The standard InChI is InChI=1S/C25H24N2O6/c1-16-4-10-20(22(12-16)31-2)24(28)27-26-14-18-7-11-21(23(13-18)32-3)33-15-17-5-8-19(9-6-17)25(29)30/h4-14H,15H2,1-3H3,(H,27,28)(H,29,30)/b26-14-. The number of aryl methyl sites for hydroxylation is 1. The quantitative estimate of drug-likeness (QED) is 0.378. The summed E-state index contributed by atoms with van der Waals surface area (Å²) in [4.78, 5) is 23.3. The number of ether oxygens (including phenoxy) is 3. The van der Waals surface area contributed by atoms with Crippen LogP contribution in [0.1, 0.15) is 37.4 Å². The van der Waals surface area contributed by atoms with E-state index in [2.05, 4.69) is 10.5 Å². The maximum atomic E-state index is 12.4. The average Bonchev–Trinajstić information content (AvgIpc) is 2.83. The molecule has 0 atom stereocenters. The van der Waals surface area contributed by atoms with E-state index in [4.69, 9.17) is 19.3 Å². The number of hydrazone groups is 1. The minimum absolute atomic E-state index is 0.216. The van der Waals surface area contributed by atoms with Gasteiger partial charge in [0.15, 0.2) is 11.5 Å². The third-order valence-corrected chi connectivity index (χ3v) is 4.76. The number of rotatable bonds is 9. The van der Waals surface area contributed by atoms with Crippen molar-refractivity contribution in [2.45, 2.75) is 13.5 Å². The van der Waals surface area contributed by atoms with Crippen LogP contribution in [0.2, 0.25) is 0 Å². The summed E-state index contributed by atoms with van der Waals surface area (Å²) in [5.74, 6) is 0.126. The van der Waals surface area contributed by atoms with Crippen LogP contribution in [0.15, 0.2) is 65.8 Å². The largest absolute Gasteiger partial charge is 0.496 e. The summed E-state index contributed by atoms with van der Waals surface area (Å²) in [7, 11) is 3.03. The molecule has 8 heteroatoms. The molecule has 0 aliphatic rings. The number of nitrogens with one attached hydrogen (secondary N) is 1. The zero-order valence-corrected chi connectivity index (χ0v) is 18.5. The smallest absolute Gasteiger partial charge is 0.335 e. The molecule has 2 N–H and O–H groups in total. The molecule has 0 fully saturated rings. The molecule has 3 aromatic rings. The highest BCUT2D eigenvalue weighted by molar-refractivity contribution is 5.97. The Bertz CT molecular complexity index is 1170. The SMILES string of the molecule is COc1cc(/C=N\NC(=O)c2ccc(C)cc2OC)ccc1OCc1ccc(C(=O)O)cc1. The first-order chi connectivity index (χ1) is 15.9. The van der Waals surface area contributed by atoms with Crippen molar-refractivity contribution < 1.29 is 28.9 Å². The minimum atomic E-state index is -0.976. The number of carboxylic acids is 1. The molecule has 0 aliphatic carbocycles. The van der Waals surface area contributed by atoms with Crippen molar-refractivity contribution in [1.29, 1.82) is 0 Å². The maximum Gasteiger partial charge on any atom is 0.335 e. The Hall–Kier alpha value is -4.33. The lowest BCUT2D eigenvalue weighted by Gasteiger charge is -2.11. The molecular weight excluding hydrogens is 424 g/mol. The van der Waals surface area contributed by atoms with E-state index in [1.54, 1.807) is 42.5 Å². The number of carboxylic acid groups (broad SMARTS) is 1. The Morgan fingerprint density at radius 1 is 0.939 bits per heavy atom. The van der Waals surface area contributed by atoms with E-state index in [1.807, 2.05) is 13.0 Å². The molecule has 0 aliphatic heterocycles. The fraction of sp³-hybridized carbons (Fsp3) is 0.160. The average molecular weight is 448 g/mol. The van der Waals surface area contributed by atoms with Crippen LogP contribution in [0.3, 0.4) is 0 Å². The van der Waals surface area contributed by atoms with Gasteiger partial charge in [0.1, 0.15) is 12.4 Å². The van der Waals surface area contributed by atoms with Gasteiger partial charge in [0, 0.05) is 0 Å². The van der Waals surface area contributed by atoms with Crippen LogP contribution >= 0.6 is 0 Å². The Balaban J connectivity index is 1.63. The molecule has 8 nitrogen and oxygen atoms in total. The van der Waals surface area contributed by atoms with Crippen LogP contribution in [-0.4, -0.2) is 37.4 Å². The van der Waals surface area contributed by atoms with E-state index >= 15 is 0 Å². The number of hydrogen-bond donors (Lipinski definition) is 2. The molecule has 3 aromatic carbocycles. The predicted octanol–water partition coefficient (Wildman–Crippen LogP) is 4.05. The first-order valence-electron chi connectivity index (χ1n) is 10.0. The van der Waals surface area contributed by atoms with Crippen LogP contribution in [0.25, 0.3) is 0 Å². The molecule has 1 amide bonds. The van der Waals surface area contributed by atoms with Crippen LogP contribution in [0.4, 0.5) is 0 Å². The molecule has 0 bridgehead atoms. The van der Waals surface area contributed by atoms with Crippen LogP contribution < -0.4 is 19.6 Å². The number of benzene rings is 3. The fourth-order valence-electron chi connectivity index (χ4n) is 3.00. The normalized spacial score (nSPS) is 10.6. The Labute approximate surface area is 191 Å². The summed E-state index contributed by atoms with van der Waals surface area (Å²) >= 11 is 0. The number of amides is 1. The monoisotopic (exact) mass is 448 g/mol. The molecule has 0 aromatic heterocycles. The molecule has 0 unspecified atom stereocenters. The van der Waals surface area contributed by atoms with Gasteiger partial charge in [-0.25, -0.2) is 10.2 Å². The zero-order valence-electron chi connectivity index (χ0n) is 18.5. The van der Waals surface area contributed by atoms with Crippen molar-refractivity contribution >= 4 is 18.1 Å². The van der Waals surface area contributed by atoms with Gasteiger partial charge in [-0.2, -0.15) is 5.10 Å². The van der Waals surface area contributed by atoms with E-state index in [0.717, 1.165) is 11.1 Å². The van der Waals surface area contributed by atoms with Crippen molar-refractivity contribution in [3.63, 3.8) is 0 Å². The van der Waals surface area contributed by atoms with Crippen molar-refractivity contribution in [2.24, 2.45) is 5.10 Å². The molecule has 33 heavy (non-hydrogen) atoms. The Morgan fingerprint density at radius 2 is 1.67 bits per heavy atom. The van der Waals surface area contributed by atoms with Crippen LogP contribution in [-0.2, 0) is 6.61 Å². The van der Waals surface area contributed by atoms with Gasteiger partial charge in [-0.05, 0) is 66.1 Å². The van der Waals surface area contributed by atoms with Crippen molar-refractivity contribution in [3.05, 3.63) is 88.5 Å². The molecule has 170 valence electrons. The summed E-state index contributed by atoms with van der Waals surface area (Å²) in [5, 5.41) is 13.0. The highest BCUT2D eigenvalue weighted by atomic mass is 16.5. The number of hydrogen-bond acceptors (Lipinski definition) is 6. The van der Waals surface area contributed by atoms with E-state index in [9.17, 15) is 9.59 Å². The van der Waals surface area contributed by atoms with Gasteiger partial charge in [0.2, 0.25) is 0 Å². The lowest BCUT2D eigenvalue weighted by Crippen LogP contribution is -2.18. The van der Waals surface area contributed by atoms with Gasteiger partial charge in [-0.15, -0.1) is 0 Å². The van der Waals surface area contributed by atoms with Gasteiger partial charge in [-0.3, -0.25) is 4.79 Å². The van der Waals surface area contributed by atoms with Gasteiger partial charge in [0.25, 0.3) is 5.91 Å².